The van der Waals surface area contributed by atoms with Crippen molar-refractivity contribution in [3.63, 3.8) is 0 Å². The summed E-state index contributed by atoms with van der Waals surface area (Å²) in [7, 11) is 0. The second-order valence-electron chi connectivity index (χ2n) is 6.30. The van der Waals surface area contributed by atoms with Crippen LogP contribution in [0.3, 0.4) is 0 Å². The van der Waals surface area contributed by atoms with Gasteiger partial charge in [0, 0.05) is 0 Å². The van der Waals surface area contributed by atoms with Crippen molar-refractivity contribution in [3.05, 3.63) is 45.6 Å². The standard InChI is InChI=1S/C19H29IO2/c1-14(2)21-19-8-6-7-18(22-19)10-9-15(3)11-16(4)12-17(5)13-20/h6,8-11,13-14,16,18-19H,7,12H2,1-5H3/b10-9+,15-11-,17-13+/t16-,18-,19-/m0/s1. The van der Waals surface area contributed by atoms with E-state index >= 15 is 0 Å². The molecule has 1 aliphatic rings. The Morgan fingerprint density at radius 1 is 1.36 bits per heavy atom. The lowest BCUT2D eigenvalue weighted by atomic mass is 10.0. The molecule has 0 radical (unpaired) electrons. The van der Waals surface area contributed by atoms with Crippen LogP contribution in [0.2, 0.25) is 0 Å². The monoisotopic (exact) mass is 416 g/mol. The highest BCUT2D eigenvalue weighted by Crippen LogP contribution is 2.18. The molecule has 2 nitrogen and oxygen atoms in total. The predicted octanol–water partition coefficient (Wildman–Crippen LogP) is 5.95. The van der Waals surface area contributed by atoms with Gasteiger partial charge in [-0.2, -0.15) is 0 Å². The van der Waals surface area contributed by atoms with Gasteiger partial charge in [0.25, 0.3) is 0 Å². The van der Waals surface area contributed by atoms with E-state index in [0.29, 0.717) is 5.92 Å². The lowest BCUT2D eigenvalue weighted by Crippen LogP contribution is -2.27. The Labute approximate surface area is 149 Å². The minimum atomic E-state index is -0.219. The molecule has 0 saturated carbocycles. The van der Waals surface area contributed by atoms with Crippen LogP contribution in [0.1, 0.15) is 47.5 Å². The zero-order chi connectivity index (χ0) is 16.5. The molecule has 0 saturated heterocycles. The lowest BCUT2D eigenvalue weighted by Gasteiger charge is -2.25. The van der Waals surface area contributed by atoms with E-state index in [1.165, 1.54) is 11.1 Å². The van der Waals surface area contributed by atoms with E-state index in [9.17, 15) is 0 Å². The van der Waals surface area contributed by atoms with Crippen molar-refractivity contribution in [1.29, 1.82) is 0 Å². The van der Waals surface area contributed by atoms with Gasteiger partial charge in [0.2, 0.25) is 0 Å². The summed E-state index contributed by atoms with van der Waals surface area (Å²) >= 11 is 2.30. The third kappa shape index (κ3) is 8.30. The van der Waals surface area contributed by atoms with Gasteiger partial charge in [0.15, 0.2) is 6.29 Å². The zero-order valence-electron chi connectivity index (χ0n) is 14.4. The van der Waals surface area contributed by atoms with Crippen LogP contribution in [0.4, 0.5) is 0 Å². The second kappa shape index (κ2) is 10.4. The fraction of sp³-hybridized carbons (Fsp3) is 0.579. The first-order valence-electron chi connectivity index (χ1n) is 8.00. The Kier molecular flexibility index (Phi) is 9.29. The van der Waals surface area contributed by atoms with Gasteiger partial charge >= 0.3 is 0 Å². The first kappa shape index (κ1) is 19.7. The summed E-state index contributed by atoms with van der Waals surface area (Å²) < 4.78 is 13.7. The molecule has 0 fully saturated rings. The summed E-state index contributed by atoms with van der Waals surface area (Å²) in [6.07, 6.45) is 12.8. The fourth-order valence-corrected chi connectivity index (χ4v) is 2.70. The Morgan fingerprint density at radius 3 is 2.73 bits per heavy atom. The molecule has 3 atom stereocenters. The quantitative estimate of drug-likeness (QED) is 0.290. The fourth-order valence-electron chi connectivity index (χ4n) is 2.44. The Balaban J connectivity index is 2.51. The van der Waals surface area contributed by atoms with Crippen molar-refractivity contribution in [2.24, 2.45) is 5.92 Å². The number of allylic oxidation sites excluding steroid dienone is 4. The summed E-state index contributed by atoms with van der Waals surface area (Å²) in [5.41, 5.74) is 2.71. The molecule has 0 aromatic carbocycles. The normalized spacial score (nSPS) is 25.2. The molecule has 1 heterocycles. The molecular formula is C19H29IO2. The number of ether oxygens (including phenoxy) is 2. The highest BCUT2D eigenvalue weighted by Gasteiger charge is 2.17. The molecule has 0 aliphatic carbocycles. The first-order chi connectivity index (χ1) is 10.4. The third-order valence-corrected chi connectivity index (χ3v) is 4.39. The summed E-state index contributed by atoms with van der Waals surface area (Å²) in [5, 5.41) is 0. The smallest absolute Gasteiger partial charge is 0.177 e. The number of hydrogen-bond acceptors (Lipinski definition) is 2. The summed E-state index contributed by atoms with van der Waals surface area (Å²) in [5.74, 6) is 0.555. The predicted molar refractivity (Wildman–Crippen MR) is 103 cm³/mol. The van der Waals surface area contributed by atoms with Crippen LogP contribution in [-0.4, -0.2) is 18.5 Å². The van der Waals surface area contributed by atoms with Crippen molar-refractivity contribution in [1.82, 2.24) is 0 Å². The van der Waals surface area contributed by atoms with Crippen LogP contribution in [0.5, 0.6) is 0 Å². The van der Waals surface area contributed by atoms with E-state index in [0.717, 1.165) is 12.8 Å². The molecule has 124 valence electrons. The highest BCUT2D eigenvalue weighted by atomic mass is 127. The minimum Gasteiger partial charge on any atom is -0.346 e. The van der Waals surface area contributed by atoms with E-state index < -0.39 is 0 Å². The molecule has 0 spiro atoms. The number of halogens is 1. The van der Waals surface area contributed by atoms with Gasteiger partial charge in [-0.25, -0.2) is 0 Å². The molecule has 0 unspecified atom stereocenters. The maximum atomic E-state index is 5.90. The topological polar surface area (TPSA) is 18.5 Å². The maximum Gasteiger partial charge on any atom is 0.177 e. The van der Waals surface area contributed by atoms with Gasteiger partial charge in [0.05, 0.1) is 12.2 Å². The van der Waals surface area contributed by atoms with E-state index in [-0.39, 0.29) is 18.5 Å². The maximum absolute atomic E-state index is 5.90. The number of rotatable bonds is 7. The molecule has 0 amide bonds. The van der Waals surface area contributed by atoms with Crippen LogP contribution in [0, 0.1) is 5.92 Å². The largest absolute Gasteiger partial charge is 0.346 e. The van der Waals surface area contributed by atoms with Crippen molar-refractivity contribution in [3.8, 4) is 0 Å². The van der Waals surface area contributed by atoms with E-state index in [1.54, 1.807) is 0 Å². The van der Waals surface area contributed by atoms with E-state index in [4.69, 9.17) is 9.47 Å². The molecule has 0 aromatic heterocycles. The van der Waals surface area contributed by atoms with Crippen molar-refractivity contribution >= 4 is 22.6 Å². The summed E-state index contributed by atoms with van der Waals surface area (Å²) in [4.78, 5) is 0. The van der Waals surface area contributed by atoms with E-state index in [1.807, 2.05) is 19.9 Å². The van der Waals surface area contributed by atoms with Gasteiger partial charge in [0.1, 0.15) is 0 Å². The average Bonchev–Trinajstić information content (AvgIpc) is 2.44. The first-order valence-corrected chi connectivity index (χ1v) is 9.25. The van der Waals surface area contributed by atoms with Crippen molar-refractivity contribution in [2.45, 2.75) is 66.0 Å². The van der Waals surface area contributed by atoms with Gasteiger partial charge < -0.3 is 9.47 Å². The molecule has 0 N–H and O–H groups in total. The summed E-state index contributed by atoms with van der Waals surface area (Å²) in [6.45, 7) is 10.6. The summed E-state index contributed by atoms with van der Waals surface area (Å²) in [6, 6.07) is 0. The molecule has 0 bridgehead atoms. The third-order valence-electron chi connectivity index (χ3n) is 3.33. The Morgan fingerprint density at radius 2 is 2.09 bits per heavy atom. The molecule has 3 heteroatoms. The van der Waals surface area contributed by atoms with Crippen LogP contribution in [-0.2, 0) is 9.47 Å². The van der Waals surface area contributed by atoms with Gasteiger partial charge in [-0.3, -0.25) is 0 Å². The zero-order valence-corrected chi connectivity index (χ0v) is 16.5. The van der Waals surface area contributed by atoms with Crippen LogP contribution in [0.15, 0.2) is 45.6 Å². The average molecular weight is 416 g/mol. The van der Waals surface area contributed by atoms with E-state index in [2.05, 4.69) is 71.7 Å². The highest BCUT2D eigenvalue weighted by molar-refractivity contribution is 14.1. The Hall–Kier alpha value is -0.390. The minimum absolute atomic E-state index is 0.100. The molecule has 0 aromatic rings. The SMILES string of the molecule is CC(=C/[C@H](C)C/C(C)=C/I)/C=C/[C@@H]1CC=C[C@@H](OC(C)C)O1. The van der Waals surface area contributed by atoms with Gasteiger partial charge in [-0.15, -0.1) is 0 Å². The Bertz CT molecular complexity index is 446. The van der Waals surface area contributed by atoms with Crippen LogP contribution >= 0.6 is 22.6 Å². The number of hydrogen-bond donors (Lipinski definition) is 0. The van der Waals surface area contributed by atoms with Crippen LogP contribution in [0.25, 0.3) is 0 Å². The molecule has 1 rings (SSSR count). The molecule has 1 aliphatic heterocycles. The lowest BCUT2D eigenvalue weighted by molar-refractivity contribution is -0.154. The van der Waals surface area contributed by atoms with Crippen molar-refractivity contribution < 1.29 is 9.47 Å². The van der Waals surface area contributed by atoms with Crippen LogP contribution < -0.4 is 0 Å². The second-order valence-corrected chi connectivity index (χ2v) is 6.92. The molecule has 22 heavy (non-hydrogen) atoms. The van der Waals surface area contributed by atoms with Gasteiger partial charge in [-0.05, 0) is 56.6 Å². The van der Waals surface area contributed by atoms with Crippen molar-refractivity contribution in [2.75, 3.05) is 0 Å². The molecular weight excluding hydrogens is 387 g/mol. The van der Waals surface area contributed by atoms with Gasteiger partial charge in [-0.1, -0.05) is 65.0 Å².